The zero-order chi connectivity index (χ0) is 13.8. The quantitative estimate of drug-likeness (QED) is 0.596. The molecule has 1 aromatic rings. The molecule has 2 rings (SSSR count). The number of rotatable bonds is 6. The molecule has 0 aliphatic carbocycles. The number of anilines is 1. The van der Waals surface area contributed by atoms with E-state index in [0.29, 0.717) is 31.0 Å². The van der Waals surface area contributed by atoms with Gasteiger partial charge in [0, 0.05) is 17.6 Å². The Morgan fingerprint density at radius 1 is 1.26 bits per heavy atom. The number of benzene rings is 1. The standard InChI is InChI=1S/C14H16BrNO3/c1-2-3-7-19-8-6-16-12-9-10(15)4-5-11(12)13(17)14(16)18/h4-5,9H,2-3,6-8H2,1H3. The molecule has 1 aromatic carbocycles. The zero-order valence-electron chi connectivity index (χ0n) is 10.8. The van der Waals surface area contributed by atoms with Crippen molar-refractivity contribution in [1.29, 1.82) is 0 Å². The number of carbonyl (C=O) groups is 2. The second-order valence-corrected chi connectivity index (χ2v) is 5.33. The Morgan fingerprint density at radius 3 is 2.79 bits per heavy atom. The Balaban J connectivity index is 2.04. The summed E-state index contributed by atoms with van der Waals surface area (Å²) in [5, 5.41) is 0. The largest absolute Gasteiger partial charge is 0.380 e. The second kappa shape index (κ2) is 6.30. The van der Waals surface area contributed by atoms with E-state index in [4.69, 9.17) is 4.74 Å². The van der Waals surface area contributed by atoms with E-state index in [1.54, 1.807) is 18.2 Å². The molecule has 0 atom stereocenters. The van der Waals surface area contributed by atoms with E-state index >= 15 is 0 Å². The van der Waals surface area contributed by atoms with Crippen molar-refractivity contribution in [2.24, 2.45) is 0 Å². The summed E-state index contributed by atoms with van der Waals surface area (Å²) in [6.07, 6.45) is 2.09. The molecule has 4 nitrogen and oxygen atoms in total. The monoisotopic (exact) mass is 325 g/mol. The first-order valence-electron chi connectivity index (χ1n) is 6.38. The molecule has 0 saturated carbocycles. The number of ether oxygens (including phenoxy) is 1. The maximum atomic E-state index is 11.9. The number of nitrogens with zero attached hydrogens (tertiary/aromatic N) is 1. The lowest BCUT2D eigenvalue weighted by atomic mass is 10.1. The van der Waals surface area contributed by atoms with Gasteiger partial charge in [-0.15, -0.1) is 0 Å². The minimum absolute atomic E-state index is 0.414. The fourth-order valence-corrected chi connectivity index (χ4v) is 2.34. The van der Waals surface area contributed by atoms with Crippen LogP contribution in [0.5, 0.6) is 0 Å². The predicted octanol–water partition coefficient (Wildman–Crippen LogP) is 2.80. The maximum Gasteiger partial charge on any atom is 0.299 e. The van der Waals surface area contributed by atoms with Crippen LogP contribution >= 0.6 is 15.9 Å². The molecule has 1 aliphatic rings. The third-order valence-corrected chi connectivity index (χ3v) is 3.53. The highest BCUT2D eigenvalue weighted by Gasteiger charge is 2.35. The number of hydrogen-bond donors (Lipinski definition) is 0. The fourth-order valence-electron chi connectivity index (χ4n) is 1.99. The van der Waals surface area contributed by atoms with Crippen molar-refractivity contribution < 1.29 is 14.3 Å². The third-order valence-electron chi connectivity index (χ3n) is 3.04. The van der Waals surface area contributed by atoms with Crippen LogP contribution in [-0.4, -0.2) is 31.4 Å². The van der Waals surface area contributed by atoms with E-state index in [2.05, 4.69) is 22.9 Å². The molecule has 0 radical (unpaired) electrons. The molecule has 0 aromatic heterocycles. The fraction of sp³-hybridized carbons (Fsp3) is 0.429. The number of fused-ring (bicyclic) bond motifs is 1. The second-order valence-electron chi connectivity index (χ2n) is 4.41. The summed E-state index contributed by atoms with van der Waals surface area (Å²) < 4.78 is 6.30. The molecule has 0 fully saturated rings. The molecule has 0 bridgehead atoms. The molecule has 5 heteroatoms. The number of ketones is 1. The lowest BCUT2D eigenvalue weighted by Crippen LogP contribution is -2.32. The van der Waals surface area contributed by atoms with Crippen LogP contribution in [0, 0.1) is 0 Å². The average Bonchev–Trinajstić information content (AvgIpc) is 2.63. The number of unbranched alkanes of at least 4 members (excludes halogenated alkanes) is 1. The van der Waals surface area contributed by atoms with E-state index < -0.39 is 11.7 Å². The first-order valence-corrected chi connectivity index (χ1v) is 7.18. The van der Waals surface area contributed by atoms with Crippen LogP contribution in [-0.2, 0) is 9.53 Å². The van der Waals surface area contributed by atoms with Gasteiger partial charge in [0.1, 0.15) is 0 Å². The summed E-state index contributed by atoms with van der Waals surface area (Å²) in [6, 6.07) is 5.24. The van der Waals surface area contributed by atoms with Gasteiger partial charge < -0.3 is 9.64 Å². The van der Waals surface area contributed by atoms with Crippen LogP contribution in [0.15, 0.2) is 22.7 Å². The van der Waals surface area contributed by atoms with Crippen molar-refractivity contribution in [3.8, 4) is 0 Å². The molecule has 102 valence electrons. The number of halogens is 1. The number of carbonyl (C=O) groups excluding carboxylic acids is 2. The van der Waals surface area contributed by atoms with Crippen LogP contribution in [0.2, 0.25) is 0 Å². The van der Waals surface area contributed by atoms with E-state index in [-0.39, 0.29) is 0 Å². The Hall–Kier alpha value is -1.20. The Labute approximate surface area is 120 Å². The molecule has 1 amide bonds. The van der Waals surface area contributed by atoms with Gasteiger partial charge in [-0.3, -0.25) is 9.59 Å². The van der Waals surface area contributed by atoms with Crippen molar-refractivity contribution in [2.75, 3.05) is 24.7 Å². The van der Waals surface area contributed by atoms with Crippen molar-refractivity contribution in [1.82, 2.24) is 0 Å². The summed E-state index contributed by atoms with van der Waals surface area (Å²) >= 11 is 3.35. The molecule has 0 N–H and O–H groups in total. The molecule has 0 saturated heterocycles. The Kier molecular flexibility index (Phi) is 4.71. The van der Waals surface area contributed by atoms with E-state index in [0.717, 1.165) is 17.3 Å². The number of amides is 1. The van der Waals surface area contributed by atoms with Gasteiger partial charge in [0.15, 0.2) is 0 Å². The van der Waals surface area contributed by atoms with Gasteiger partial charge in [-0.05, 0) is 24.6 Å². The molecule has 0 spiro atoms. The van der Waals surface area contributed by atoms with Crippen molar-refractivity contribution >= 4 is 33.3 Å². The molecule has 0 unspecified atom stereocenters. The van der Waals surface area contributed by atoms with Crippen molar-refractivity contribution in [3.63, 3.8) is 0 Å². The average molecular weight is 326 g/mol. The van der Waals surface area contributed by atoms with Gasteiger partial charge in [-0.2, -0.15) is 0 Å². The van der Waals surface area contributed by atoms with Gasteiger partial charge in [0.2, 0.25) is 0 Å². The van der Waals surface area contributed by atoms with Gasteiger partial charge in [0.05, 0.1) is 17.9 Å². The predicted molar refractivity (Wildman–Crippen MR) is 76.6 cm³/mol. The van der Waals surface area contributed by atoms with E-state index in [1.165, 1.54) is 4.90 Å². The van der Waals surface area contributed by atoms with Crippen LogP contribution in [0.25, 0.3) is 0 Å². The highest BCUT2D eigenvalue weighted by atomic mass is 79.9. The van der Waals surface area contributed by atoms with Crippen LogP contribution in [0.1, 0.15) is 30.1 Å². The lowest BCUT2D eigenvalue weighted by Gasteiger charge is -2.16. The SMILES string of the molecule is CCCCOCCN1C(=O)C(=O)c2ccc(Br)cc21. The van der Waals surface area contributed by atoms with Crippen molar-refractivity contribution in [3.05, 3.63) is 28.2 Å². The minimum Gasteiger partial charge on any atom is -0.380 e. The maximum absolute atomic E-state index is 11.9. The Bertz CT molecular complexity index is 501. The number of hydrogen-bond acceptors (Lipinski definition) is 3. The first kappa shape index (κ1) is 14.2. The van der Waals surface area contributed by atoms with Gasteiger partial charge in [0.25, 0.3) is 11.7 Å². The highest BCUT2D eigenvalue weighted by Crippen LogP contribution is 2.31. The number of Topliss-reactive ketones (excluding diaryl/α,β-unsaturated/α-hetero) is 1. The Morgan fingerprint density at radius 2 is 2.05 bits per heavy atom. The van der Waals surface area contributed by atoms with Gasteiger partial charge in [-0.25, -0.2) is 0 Å². The van der Waals surface area contributed by atoms with Crippen LogP contribution < -0.4 is 4.90 Å². The molecular weight excluding hydrogens is 310 g/mol. The van der Waals surface area contributed by atoms with E-state index in [1.807, 2.05) is 0 Å². The summed E-state index contributed by atoms with van der Waals surface area (Å²) in [7, 11) is 0. The van der Waals surface area contributed by atoms with Gasteiger partial charge in [-0.1, -0.05) is 29.3 Å². The summed E-state index contributed by atoms with van der Waals surface area (Å²) in [4.78, 5) is 25.2. The summed E-state index contributed by atoms with van der Waals surface area (Å²) in [5.74, 6) is -0.900. The van der Waals surface area contributed by atoms with Crippen molar-refractivity contribution in [2.45, 2.75) is 19.8 Å². The van der Waals surface area contributed by atoms with E-state index in [9.17, 15) is 9.59 Å². The summed E-state index contributed by atoms with van der Waals surface area (Å²) in [5.41, 5.74) is 1.14. The minimum atomic E-state index is -0.466. The first-order chi connectivity index (χ1) is 9.15. The molecule has 1 aliphatic heterocycles. The summed E-state index contributed by atoms with van der Waals surface area (Å²) in [6.45, 7) is 3.65. The van der Waals surface area contributed by atoms with Crippen LogP contribution in [0.4, 0.5) is 5.69 Å². The molecule has 1 heterocycles. The molecular formula is C14H16BrNO3. The topological polar surface area (TPSA) is 46.6 Å². The highest BCUT2D eigenvalue weighted by molar-refractivity contribution is 9.10. The zero-order valence-corrected chi connectivity index (χ0v) is 12.4. The lowest BCUT2D eigenvalue weighted by molar-refractivity contribution is -0.114. The van der Waals surface area contributed by atoms with Crippen LogP contribution in [0.3, 0.4) is 0 Å². The smallest absolute Gasteiger partial charge is 0.299 e. The third kappa shape index (κ3) is 3.04. The van der Waals surface area contributed by atoms with Gasteiger partial charge >= 0.3 is 0 Å². The normalized spacial score (nSPS) is 14.1. The molecule has 19 heavy (non-hydrogen) atoms.